The summed E-state index contributed by atoms with van der Waals surface area (Å²) in [5.41, 5.74) is 2.72. The van der Waals surface area contributed by atoms with E-state index in [4.69, 9.17) is 24.0 Å². The summed E-state index contributed by atoms with van der Waals surface area (Å²) >= 11 is 0. The van der Waals surface area contributed by atoms with Crippen LogP contribution in [0.4, 0.5) is 0 Å². The van der Waals surface area contributed by atoms with Crippen molar-refractivity contribution in [3.8, 4) is 5.75 Å². The maximum Gasteiger partial charge on any atom is 0.466 e. The molecule has 0 amide bonds. The van der Waals surface area contributed by atoms with E-state index in [0.29, 0.717) is 25.0 Å². The number of phosphoric acid groups is 1. The topological polar surface area (TPSA) is 128 Å². The van der Waals surface area contributed by atoms with Crippen molar-refractivity contribution in [2.24, 2.45) is 5.92 Å². The van der Waals surface area contributed by atoms with Gasteiger partial charge in [0.2, 0.25) is 10.0 Å². The summed E-state index contributed by atoms with van der Waals surface area (Å²) in [6.45, 7) is 8.75. The first-order valence-corrected chi connectivity index (χ1v) is 14.0. The maximum absolute atomic E-state index is 11.7. The standard InChI is InChI=1S/C20H32N2O3S.H3O4P/c1-4-21(15-17-7-10-22(11-8-17)26(3,23)24)16(2)13-18-5-6-20-19(14-18)9-12-25-20;1-5(2,3)4/h5-6,14,16-17H,4,7-13,15H2,1-3H3;(H3,1,2,3,4)/t16-;/m0./s1. The molecule has 11 heteroatoms. The number of hydrogen-bond donors (Lipinski definition) is 3. The van der Waals surface area contributed by atoms with E-state index in [1.807, 2.05) is 0 Å². The third kappa shape index (κ3) is 9.18. The minimum atomic E-state index is -4.64. The van der Waals surface area contributed by atoms with Crippen molar-refractivity contribution >= 4 is 17.8 Å². The first kappa shape index (κ1) is 26.3. The van der Waals surface area contributed by atoms with Gasteiger partial charge in [-0.15, -0.1) is 0 Å². The summed E-state index contributed by atoms with van der Waals surface area (Å²) in [6.07, 6.45) is 5.31. The molecule has 3 rings (SSSR count). The summed E-state index contributed by atoms with van der Waals surface area (Å²) in [4.78, 5) is 24.1. The quantitative estimate of drug-likeness (QED) is 0.505. The second-order valence-corrected chi connectivity index (χ2v) is 11.3. The van der Waals surface area contributed by atoms with Crippen LogP contribution in [-0.4, -0.2) is 77.4 Å². The lowest BCUT2D eigenvalue weighted by Crippen LogP contribution is -2.43. The highest BCUT2D eigenvalue weighted by Gasteiger charge is 2.27. The smallest absolute Gasteiger partial charge is 0.466 e. The van der Waals surface area contributed by atoms with Gasteiger partial charge in [0.15, 0.2) is 0 Å². The summed E-state index contributed by atoms with van der Waals surface area (Å²) in [7, 11) is -7.67. The normalized spacial score (nSPS) is 18.8. The number of hydrogen-bond acceptors (Lipinski definition) is 5. The van der Waals surface area contributed by atoms with E-state index < -0.39 is 17.8 Å². The Morgan fingerprint density at radius 1 is 1.26 bits per heavy atom. The van der Waals surface area contributed by atoms with Gasteiger partial charge in [0.05, 0.1) is 12.9 Å². The van der Waals surface area contributed by atoms with Crippen molar-refractivity contribution < 1.29 is 32.4 Å². The van der Waals surface area contributed by atoms with Crippen molar-refractivity contribution in [3.63, 3.8) is 0 Å². The van der Waals surface area contributed by atoms with E-state index in [2.05, 4.69) is 36.9 Å². The molecule has 3 N–H and O–H groups in total. The lowest BCUT2D eigenvalue weighted by atomic mass is 9.96. The fourth-order valence-electron chi connectivity index (χ4n) is 4.21. The first-order chi connectivity index (χ1) is 14.4. The van der Waals surface area contributed by atoms with Crippen molar-refractivity contribution in [1.82, 2.24) is 9.21 Å². The van der Waals surface area contributed by atoms with Crippen LogP contribution in [0.15, 0.2) is 18.2 Å². The van der Waals surface area contributed by atoms with Gasteiger partial charge in [-0.25, -0.2) is 17.3 Å². The molecular formula is C20H35N2O7PS. The predicted molar refractivity (Wildman–Crippen MR) is 119 cm³/mol. The minimum Gasteiger partial charge on any atom is -0.493 e. The Morgan fingerprint density at radius 2 is 1.87 bits per heavy atom. The Hall–Kier alpha value is -1.00. The average molecular weight is 479 g/mol. The Labute approximate surface area is 185 Å². The molecule has 1 aromatic rings. The SMILES string of the molecule is CCN(CC1CCN(S(C)(=O)=O)CC1)[C@@H](C)Cc1ccc2c(c1)CCO2.O=P(O)(O)O. The highest BCUT2D eigenvalue weighted by molar-refractivity contribution is 7.88. The van der Waals surface area contributed by atoms with E-state index in [1.165, 1.54) is 17.4 Å². The van der Waals surface area contributed by atoms with Crippen LogP contribution >= 0.6 is 7.82 Å². The van der Waals surface area contributed by atoms with Gasteiger partial charge in [0, 0.05) is 32.1 Å². The largest absolute Gasteiger partial charge is 0.493 e. The number of rotatable bonds is 7. The Kier molecular flexibility index (Phi) is 9.51. The van der Waals surface area contributed by atoms with Crippen molar-refractivity contribution in [2.75, 3.05) is 39.0 Å². The molecule has 0 saturated carbocycles. The maximum atomic E-state index is 11.7. The molecular weight excluding hydrogens is 443 g/mol. The molecule has 0 aromatic heterocycles. The molecule has 1 aromatic carbocycles. The van der Waals surface area contributed by atoms with Crippen molar-refractivity contribution in [3.05, 3.63) is 29.3 Å². The van der Waals surface area contributed by atoms with Crippen LogP contribution in [-0.2, 0) is 27.4 Å². The van der Waals surface area contributed by atoms with Gasteiger partial charge in [-0.1, -0.05) is 19.1 Å². The molecule has 0 spiro atoms. The average Bonchev–Trinajstić information content (AvgIpc) is 3.12. The number of likely N-dealkylation sites (N-methyl/N-ethyl adjacent to an activating group) is 1. The molecule has 0 aliphatic carbocycles. The van der Waals surface area contributed by atoms with E-state index in [-0.39, 0.29) is 0 Å². The number of sulfonamides is 1. The molecule has 1 fully saturated rings. The number of fused-ring (bicyclic) bond motifs is 1. The molecule has 0 unspecified atom stereocenters. The number of ether oxygens (including phenoxy) is 1. The fraction of sp³-hybridized carbons (Fsp3) is 0.700. The Balaban J connectivity index is 0.000000614. The second-order valence-electron chi connectivity index (χ2n) is 8.30. The monoisotopic (exact) mass is 478 g/mol. The number of nitrogens with zero attached hydrogens (tertiary/aromatic N) is 2. The molecule has 9 nitrogen and oxygen atoms in total. The van der Waals surface area contributed by atoms with Gasteiger partial charge in [-0.3, -0.25) is 0 Å². The summed E-state index contributed by atoms with van der Waals surface area (Å²) < 4.78 is 39.4. The van der Waals surface area contributed by atoms with E-state index in [1.54, 1.807) is 4.31 Å². The third-order valence-electron chi connectivity index (χ3n) is 5.85. The number of benzene rings is 1. The van der Waals surface area contributed by atoms with Crippen molar-refractivity contribution in [1.29, 1.82) is 0 Å². The number of piperidine rings is 1. The van der Waals surface area contributed by atoms with Gasteiger partial charge < -0.3 is 24.3 Å². The third-order valence-corrected chi connectivity index (χ3v) is 7.15. The van der Waals surface area contributed by atoms with Crippen LogP contribution in [0.1, 0.15) is 37.8 Å². The molecule has 2 aliphatic rings. The molecule has 2 heterocycles. The van der Waals surface area contributed by atoms with Crippen LogP contribution in [0, 0.1) is 5.92 Å². The molecule has 0 bridgehead atoms. The van der Waals surface area contributed by atoms with Gasteiger partial charge in [-0.2, -0.15) is 0 Å². The van der Waals surface area contributed by atoms with Crippen LogP contribution in [0.5, 0.6) is 5.75 Å². The Morgan fingerprint density at radius 3 is 2.42 bits per heavy atom. The molecule has 1 saturated heterocycles. The molecule has 178 valence electrons. The molecule has 1 atom stereocenters. The summed E-state index contributed by atoms with van der Waals surface area (Å²) in [5.74, 6) is 1.63. The lowest BCUT2D eigenvalue weighted by Gasteiger charge is -2.36. The lowest BCUT2D eigenvalue weighted by molar-refractivity contribution is 0.152. The van der Waals surface area contributed by atoms with Crippen LogP contribution < -0.4 is 4.74 Å². The van der Waals surface area contributed by atoms with Crippen LogP contribution in [0.2, 0.25) is 0 Å². The Bertz CT molecular complexity index is 858. The molecule has 2 aliphatic heterocycles. The molecule has 31 heavy (non-hydrogen) atoms. The van der Waals surface area contributed by atoms with Gasteiger partial charge in [0.1, 0.15) is 5.75 Å². The first-order valence-electron chi connectivity index (χ1n) is 10.6. The van der Waals surface area contributed by atoms with E-state index >= 15 is 0 Å². The highest BCUT2D eigenvalue weighted by Crippen LogP contribution is 2.27. The zero-order valence-electron chi connectivity index (χ0n) is 18.5. The summed E-state index contributed by atoms with van der Waals surface area (Å²) in [5, 5.41) is 0. The minimum absolute atomic E-state index is 0.480. The molecule has 0 radical (unpaired) electrons. The second kappa shape index (κ2) is 11.2. The summed E-state index contributed by atoms with van der Waals surface area (Å²) in [6, 6.07) is 7.09. The predicted octanol–water partition coefficient (Wildman–Crippen LogP) is 1.62. The van der Waals surface area contributed by atoms with Gasteiger partial charge in [-0.05, 0) is 55.8 Å². The van der Waals surface area contributed by atoms with Crippen LogP contribution in [0.3, 0.4) is 0 Å². The van der Waals surface area contributed by atoms with Crippen molar-refractivity contribution in [2.45, 2.75) is 45.6 Å². The highest BCUT2D eigenvalue weighted by atomic mass is 32.2. The van der Waals surface area contributed by atoms with Gasteiger partial charge in [0.25, 0.3) is 0 Å². The van der Waals surface area contributed by atoms with E-state index in [0.717, 1.165) is 51.1 Å². The van der Waals surface area contributed by atoms with Crippen LogP contribution in [0.25, 0.3) is 0 Å². The zero-order valence-corrected chi connectivity index (χ0v) is 20.2. The van der Waals surface area contributed by atoms with Gasteiger partial charge >= 0.3 is 7.82 Å². The van der Waals surface area contributed by atoms with E-state index in [9.17, 15) is 8.42 Å². The zero-order chi connectivity index (χ0) is 23.2. The fourth-order valence-corrected chi connectivity index (χ4v) is 5.09.